The van der Waals surface area contributed by atoms with Crippen LogP contribution in [0.1, 0.15) is 30.7 Å². The molecule has 1 aromatic heterocycles. The third kappa shape index (κ3) is 8.81. The molecule has 1 saturated heterocycles. The van der Waals surface area contributed by atoms with Crippen LogP contribution in [-0.4, -0.2) is 55.6 Å². The summed E-state index contributed by atoms with van der Waals surface area (Å²) in [7, 11) is 0. The van der Waals surface area contributed by atoms with Gasteiger partial charge < -0.3 is 25.1 Å². The molecule has 2 N–H and O–H groups in total. The van der Waals surface area contributed by atoms with Crippen molar-refractivity contribution in [1.29, 1.82) is 0 Å². The monoisotopic (exact) mass is 519 g/mol. The van der Waals surface area contributed by atoms with Crippen molar-refractivity contribution in [3.05, 3.63) is 47.3 Å². The second-order valence-corrected chi connectivity index (χ2v) is 9.22. The fraction of sp³-hybridized carbons (Fsp3) is 0.478. The minimum Gasteiger partial charge on any atom is -0.475 e. The minimum atomic E-state index is -4.39. The molecule has 1 aliphatic heterocycles. The minimum absolute atomic E-state index is 0. The normalized spacial score (nSPS) is 17.9. The number of carbonyl (C=O) groups excluding carboxylic acids is 2. The van der Waals surface area contributed by atoms with Gasteiger partial charge in [0.25, 0.3) is 0 Å². The number of nitrogens with one attached hydrogen (secondary N) is 2. The molecule has 3 rings (SSSR count). The predicted octanol–water partition coefficient (Wildman–Crippen LogP) is 4.68. The summed E-state index contributed by atoms with van der Waals surface area (Å²) in [5.41, 5.74) is 0.946. The number of para-hydroxylation sites is 1. The van der Waals surface area contributed by atoms with Gasteiger partial charge in [-0.05, 0) is 44.2 Å². The molecule has 0 radical (unpaired) electrons. The van der Waals surface area contributed by atoms with Crippen molar-refractivity contribution in [2.45, 2.75) is 38.0 Å². The SMILES string of the molecule is C[C@@H](NC(=O)[C@@H]1CCN(CC(CC=O)Nc2ccccc2)C1)c1ccc(OCC(F)(F)F)s1.Cl. The molecule has 1 fully saturated rings. The summed E-state index contributed by atoms with van der Waals surface area (Å²) in [5, 5.41) is 6.50. The first-order chi connectivity index (χ1) is 15.7. The Hall–Kier alpha value is -2.30. The summed E-state index contributed by atoms with van der Waals surface area (Å²) in [4.78, 5) is 26.8. The van der Waals surface area contributed by atoms with E-state index in [9.17, 15) is 22.8 Å². The van der Waals surface area contributed by atoms with Crippen LogP contribution >= 0.6 is 23.7 Å². The van der Waals surface area contributed by atoms with Gasteiger partial charge in [0.2, 0.25) is 5.91 Å². The Labute approximate surface area is 207 Å². The number of halogens is 4. The molecule has 0 saturated carbocycles. The molecular weight excluding hydrogens is 491 g/mol. The summed E-state index contributed by atoms with van der Waals surface area (Å²) in [6.07, 6.45) is -2.41. The molecule has 0 spiro atoms. The van der Waals surface area contributed by atoms with Crippen LogP contribution in [0.5, 0.6) is 5.06 Å². The highest BCUT2D eigenvalue weighted by Gasteiger charge is 2.31. The second-order valence-electron chi connectivity index (χ2n) is 8.15. The quantitative estimate of drug-likeness (QED) is 0.422. The summed E-state index contributed by atoms with van der Waals surface area (Å²) >= 11 is 1.09. The zero-order valence-electron chi connectivity index (χ0n) is 18.7. The highest BCUT2D eigenvalue weighted by molar-refractivity contribution is 7.13. The molecule has 0 bridgehead atoms. The van der Waals surface area contributed by atoms with Crippen molar-refractivity contribution < 1.29 is 27.5 Å². The molecule has 11 heteroatoms. The van der Waals surface area contributed by atoms with Gasteiger partial charge in [-0.3, -0.25) is 4.79 Å². The van der Waals surface area contributed by atoms with Crippen LogP contribution in [0.2, 0.25) is 0 Å². The number of benzene rings is 1. The highest BCUT2D eigenvalue weighted by atomic mass is 35.5. The molecule has 1 amide bonds. The lowest BCUT2D eigenvalue weighted by molar-refractivity contribution is -0.152. The largest absolute Gasteiger partial charge is 0.475 e. The Bertz CT molecular complexity index is 914. The smallest absolute Gasteiger partial charge is 0.422 e. The van der Waals surface area contributed by atoms with Crippen molar-refractivity contribution in [2.24, 2.45) is 5.92 Å². The average molecular weight is 520 g/mol. The molecule has 1 unspecified atom stereocenters. The number of carbonyl (C=O) groups is 2. The van der Waals surface area contributed by atoms with E-state index < -0.39 is 12.8 Å². The Morgan fingerprint density at radius 3 is 2.68 bits per heavy atom. The molecule has 3 atom stereocenters. The molecule has 188 valence electrons. The van der Waals surface area contributed by atoms with E-state index in [0.717, 1.165) is 34.7 Å². The topological polar surface area (TPSA) is 70.7 Å². The molecule has 2 heterocycles. The molecule has 1 aliphatic rings. The van der Waals surface area contributed by atoms with Crippen molar-refractivity contribution in [1.82, 2.24) is 10.2 Å². The van der Waals surface area contributed by atoms with E-state index in [-0.39, 0.29) is 41.4 Å². The Morgan fingerprint density at radius 1 is 1.26 bits per heavy atom. The van der Waals surface area contributed by atoms with Crippen molar-refractivity contribution in [2.75, 3.05) is 31.6 Å². The van der Waals surface area contributed by atoms with Gasteiger partial charge in [-0.2, -0.15) is 13.2 Å². The highest BCUT2D eigenvalue weighted by Crippen LogP contribution is 2.31. The van der Waals surface area contributed by atoms with E-state index in [1.165, 1.54) is 6.07 Å². The molecule has 0 aliphatic carbocycles. The number of alkyl halides is 3. The summed E-state index contributed by atoms with van der Waals surface area (Å²) in [6, 6.07) is 12.5. The third-order valence-corrected chi connectivity index (χ3v) is 6.59. The van der Waals surface area contributed by atoms with Crippen molar-refractivity contribution in [3.63, 3.8) is 0 Å². The Kier molecular flexibility index (Phi) is 10.7. The lowest BCUT2D eigenvalue weighted by Gasteiger charge is -2.24. The van der Waals surface area contributed by atoms with Crippen LogP contribution in [0.15, 0.2) is 42.5 Å². The second kappa shape index (κ2) is 13.0. The predicted molar refractivity (Wildman–Crippen MR) is 129 cm³/mol. The number of ether oxygens (including phenoxy) is 1. The van der Waals surface area contributed by atoms with Gasteiger partial charge in [0.05, 0.1) is 12.0 Å². The van der Waals surface area contributed by atoms with Crippen LogP contribution in [-0.2, 0) is 9.59 Å². The molecule has 2 aromatic rings. The van der Waals surface area contributed by atoms with Gasteiger partial charge in [-0.1, -0.05) is 18.2 Å². The molecule has 6 nitrogen and oxygen atoms in total. The number of aldehydes is 1. The Morgan fingerprint density at radius 2 is 2.00 bits per heavy atom. The lowest BCUT2D eigenvalue weighted by Crippen LogP contribution is -2.38. The first-order valence-corrected chi connectivity index (χ1v) is 11.6. The number of nitrogens with zero attached hydrogens (tertiary/aromatic N) is 1. The maximum Gasteiger partial charge on any atom is 0.422 e. The molecular formula is C23H29ClF3N3O3S. The van der Waals surface area contributed by atoms with Crippen LogP contribution in [0, 0.1) is 5.92 Å². The van der Waals surface area contributed by atoms with Crippen LogP contribution in [0.25, 0.3) is 0 Å². The van der Waals surface area contributed by atoms with Gasteiger partial charge in [-0.15, -0.1) is 23.7 Å². The maximum absolute atomic E-state index is 12.8. The van der Waals surface area contributed by atoms with Crippen molar-refractivity contribution >= 4 is 41.6 Å². The standard InChI is InChI=1S/C23H28F3N3O3S.ClH/c1-16(20-7-8-21(33-20)32-15-23(24,25)26)27-22(31)17-9-11-29(13-17)14-19(10-12-30)28-18-5-3-2-4-6-18;/h2-8,12,16-17,19,28H,9-11,13-15H2,1H3,(H,27,31);1H/t16-,17-,19?;/m1./s1. The van der Waals surface area contributed by atoms with Crippen LogP contribution < -0.4 is 15.4 Å². The van der Waals surface area contributed by atoms with Gasteiger partial charge in [0, 0.05) is 36.1 Å². The van der Waals surface area contributed by atoms with Gasteiger partial charge in [0.15, 0.2) is 11.7 Å². The number of hydrogen-bond donors (Lipinski definition) is 2. The molecule has 1 aromatic carbocycles. The lowest BCUT2D eigenvalue weighted by atomic mass is 10.1. The van der Waals surface area contributed by atoms with E-state index in [1.54, 1.807) is 13.0 Å². The zero-order chi connectivity index (χ0) is 23.8. The number of likely N-dealkylation sites (tertiary alicyclic amines) is 1. The fourth-order valence-corrected chi connectivity index (χ4v) is 4.65. The number of amides is 1. The first kappa shape index (κ1) is 27.9. The summed E-state index contributed by atoms with van der Waals surface area (Å²) in [5.74, 6) is -0.263. The number of thiophene rings is 1. The van der Waals surface area contributed by atoms with Gasteiger partial charge in [-0.25, -0.2) is 0 Å². The summed E-state index contributed by atoms with van der Waals surface area (Å²) < 4.78 is 41.7. The number of rotatable bonds is 11. The van der Waals surface area contributed by atoms with Gasteiger partial charge >= 0.3 is 6.18 Å². The number of hydrogen-bond acceptors (Lipinski definition) is 6. The van der Waals surface area contributed by atoms with E-state index in [4.69, 9.17) is 4.74 Å². The average Bonchev–Trinajstić information content (AvgIpc) is 3.42. The van der Waals surface area contributed by atoms with E-state index in [0.29, 0.717) is 25.9 Å². The fourth-order valence-electron chi connectivity index (χ4n) is 3.79. The third-order valence-electron chi connectivity index (χ3n) is 5.41. The van der Waals surface area contributed by atoms with Crippen LogP contribution in [0.3, 0.4) is 0 Å². The summed E-state index contributed by atoms with van der Waals surface area (Å²) in [6.45, 7) is 2.46. The van der Waals surface area contributed by atoms with E-state index in [2.05, 4.69) is 15.5 Å². The first-order valence-electron chi connectivity index (χ1n) is 10.8. The van der Waals surface area contributed by atoms with Gasteiger partial charge in [0.1, 0.15) is 6.29 Å². The van der Waals surface area contributed by atoms with Crippen molar-refractivity contribution in [3.8, 4) is 5.06 Å². The van der Waals surface area contributed by atoms with E-state index >= 15 is 0 Å². The van der Waals surface area contributed by atoms with E-state index in [1.807, 2.05) is 30.3 Å². The maximum atomic E-state index is 12.8. The molecule has 34 heavy (non-hydrogen) atoms. The van der Waals surface area contributed by atoms with Crippen LogP contribution in [0.4, 0.5) is 18.9 Å². The zero-order valence-corrected chi connectivity index (χ0v) is 20.3. The Balaban J connectivity index is 0.00000408. The number of anilines is 1.